The van der Waals surface area contributed by atoms with Crippen molar-refractivity contribution in [1.29, 1.82) is 0 Å². The molecule has 4 heteroatoms. The van der Waals surface area contributed by atoms with Crippen molar-refractivity contribution in [2.24, 2.45) is 0 Å². The topological polar surface area (TPSA) is 20.3 Å². The summed E-state index contributed by atoms with van der Waals surface area (Å²) in [5, 5.41) is 0. The number of carbonyl (C=O) groups excluding carboxylic acids is 1. The predicted octanol–water partition coefficient (Wildman–Crippen LogP) is 2.04. The van der Waals surface area contributed by atoms with E-state index in [0.717, 1.165) is 0 Å². The summed E-state index contributed by atoms with van der Waals surface area (Å²) in [7, 11) is 1.68. The van der Waals surface area contributed by atoms with Gasteiger partial charge in [0.2, 0.25) is 11.8 Å². The second-order valence-corrected chi connectivity index (χ2v) is 3.72. The molecule has 0 spiro atoms. The number of alkyl halides is 2. The van der Waals surface area contributed by atoms with Crippen molar-refractivity contribution in [1.82, 2.24) is 4.90 Å². The zero-order valence-corrected chi connectivity index (χ0v) is 8.02. The summed E-state index contributed by atoms with van der Waals surface area (Å²) in [5.74, 6) is -2.55. The van der Waals surface area contributed by atoms with Crippen LogP contribution < -0.4 is 0 Å². The molecule has 0 aromatic carbocycles. The molecule has 1 saturated carbocycles. The molecule has 13 heavy (non-hydrogen) atoms. The van der Waals surface area contributed by atoms with Gasteiger partial charge in [-0.3, -0.25) is 4.79 Å². The van der Waals surface area contributed by atoms with Crippen LogP contribution in [0.3, 0.4) is 0 Å². The van der Waals surface area contributed by atoms with Gasteiger partial charge in [-0.15, -0.1) is 0 Å². The Bertz CT molecular complexity index is 196. The van der Waals surface area contributed by atoms with Gasteiger partial charge in [0.25, 0.3) is 0 Å². The molecular formula is C9H15F2NO. The highest BCUT2D eigenvalue weighted by molar-refractivity contribution is 5.73. The fourth-order valence-corrected chi connectivity index (χ4v) is 1.67. The number of amides is 1. The van der Waals surface area contributed by atoms with Crippen molar-refractivity contribution in [2.75, 3.05) is 7.05 Å². The van der Waals surface area contributed by atoms with Crippen LogP contribution in [-0.4, -0.2) is 29.8 Å². The molecule has 1 fully saturated rings. The Hall–Kier alpha value is -0.670. The van der Waals surface area contributed by atoms with Crippen molar-refractivity contribution in [3.05, 3.63) is 0 Å². The number of hydrogen-bond donors (Lipinski definition) is 0. The Balaban J connectivity index is 2.45. The van der Waals surface area contributed by atoms with Crippen LogP contribution in [0.1, 0.15) is 32.6 Å². The summed E-state index contributed by atoms with van der Waals surface area (Å²) in [6.07, 6.45) is 0.663. The summed E-state index contributed by atoms with van der Waals surface area (Å²) in [4.78, 5) is 12.5. The molecule has 1 aliphatic carbocycles. The molecule has 76 valence electrons. The van der Waals surface area contributed by atoms with Gasteiger partial charge >= 0.3 is 0 Å². The number of halogens is 2. The maximum Gasteiger partial charge on any atom is 0.248 e. The zero-order valence-electron chi connectivity index (χ0n) is 8.02. The van der Waals surface area contributed by atoms with E-state index in [1.165, 1.54) is 6.92 Å². The average Bonchev–Trinajstić information content (AvgIpc) is 2.03. The lowest BCUT2D eigenvalue weighted by molar-refractivity contribution is -0.132. The normalized spacial score (nSPS) is 22.8. The third-order valence-corrected chi connectivity index (χ3v) is 2.73. The number of rotatable bonds is 1. The van der Waals surface area contributed by atoms with Crippen molar-refractivity contribution in [2.45, 2.75) is 44.6 Å². The molecule has 2 nitrogen and oxygen atoms in total. The molecule has 0 aromatic heterocycles. The first-order valence-corrected chi connectivity index (χ1v) is 4.53. The number of nitrogens with zero attached hydrogens (tertiary/aromatic N) is 1. The molecule has 0 bridgehead atoms. The number of carbonyl (C=O) groups is 1. The van der Waals surface area contributed by atoms with Gasteiger partial charge in [-0.2, -0.15) is 0 Å². The van der Waals surface area contributed by atoms with E-state index in [0.29, 0.717) is 12.8 Å². The van der Waals surface area contributed by atoms with E-state index in [4.69, 9.17) is 0 Å². The molecule has 1 rings (SSSR count). The van der Waals surface area contributed by atoms with Crippen LogP contribution in [0.4, 0.5) is 8.78 Å². The minimum Gasteiger partial charge on any atom is -0.343 e. The van der Waals surface area contributed by atoms with Gasteiger partial charge in [-0.1, -0.05) is 0 Å². The van der Waals surface area contributed by atoms with E-state index in [-0.39, 0.29) is 24.8 Å². The third-order valence-electron chi connectivity index (χ3n) is 2.73. The average molecular weight is 191 g/mol. The molecule has 0 unspecified atom stereocenters. The standard InChI is InChI=1S/C9H15F2NO/c1-7(13)12(2)8-3-5-9(10,11)6-4-8/h8H,3-6H2,1-2H3. The second kappa shape index (κ2) is 3.60. The minimum absolute atomic E-state index is 0.0112. The van der Waals surface area contributed by atoms with E-state index in [1.54, 1.807) is 11.9 Å². The molecule has 0 N–H and O–H groups in total. The van der Waals surface area contributed by atoms with Crippen LogP contribution >= 0.6 is 0 Å². The van der Waals surface area contributed by atoms with Gasteiger partial charge in [0.05, 0.1) is 0 Å². The van der Waals surface area contributed by atoms with Gasteiger partial charge in [0.15, 0.2) is 0 Å². The summed E-state index contributed by atoms with van der Waals surface area (Å²) in [6.45, 7) is 1.47. The van der Waals surface area contributed by atoms with Crippen LogP contribution in [0.25, 0.3) is 0 Å². The molecule has 1 amide bonds. The van der Waals surface area contributed by atoms with Gasteiger partial charge in [-0.05, 0) is 12.8 Å². The molecule has 0 aliphatic heterocycles. The van der Waals surface area contributed by atoms with Crippen LogP contribution in [0.15, 0.2) is 0 Å². The summed E-state index contributed by atoms with van der Waals surface area (Å²) < 4.78 is 25.5. The summed E-state index contributed by atoms with van der Waals surface area (Å²) in [5.41, 5.74) is 0. The predicted molar refractivity (Wildman–Crippen MR) is 45.6 cm³/mol. The molecule has 0 heterocycles. The van der Waals surface area contributed by atoms with E-state index in [2.05, 4.69) is 0 Å². The lowest BCUT2D eigenvalue weighted by atomic mass is 9.91. The first-order chi connectivity index (χ1) is 5.92. The SMILES string of the molecule is CC(=O)N(C)C1CCC(F)(F)CC1. The zero-order chi connectivity index (χ0) is 10.1. The Kier molecular flexibility index (Phi) is 2.88. The Labute approximate surface area is 76.9 Å². The van der Waals surface area contributed by atoms with Crippen LogP contribution in [0, 0.1) is 0 Å². The molecule has 0 saturated heterocycles. The summed E-state index contributed by atoms with van der Waals surface area (Å²) >= 11 is 0. The monoisotopic (exact) mass is 191 g/mol. The van der Waals surface area contributed by atoms with Gasteiger partial charge in [0, 0.05) is 32.9 Å². The lowest BCUT2D eigenvalue weighted by Gasteiger charge is -2.33. The fourth-order valence-electron chi connectivity index (χ4n) is 1.67. The fraction of sp³-hybridized carbons (Fsp3) is 0.889. The highest BCUT2D eigenvalue weighted by Gasteiger charge is 2.36. The van der Waals surface area contributed by atoms with Gasteiger partial charge in [-0.25, -0.2) is 8.78 Å². The lowest BCUT2D eigenvalue weighted by Crippen LogP contribution is -2.40. The molecule has 0 aromatic rings. The van der Waals surface area contributed by atoms with E-state index < -0.39 is 5.92 Å². The molecule has 0 radical (unpaired) electrons. The largest absolute Gasteiger partial charge is 0.343 e. The van der Waals surface area contributed by atoms with Crippen LogP contribution in [0.5, 0.6) is 0 Å². The van der Waals surface area contributed by atoms with Crippen molar-refractivity contribution in [3.63, 3.8) is 0 Å². The smallest absolute Gasteiger partial charge is 0.248 e. The van der Waals surface area contributed by atoms with Crippen LogP contribution in [0.2, 0.25) is 0 Å². The summed E-state index contributed by atoms with van der Waals surface area (Å²) in [6, 6.07) is 0.0112. The first kappa shape index (κ1) is 10.4. The van der Waals surface area contributed by atoms with Crippen LogP contribution in [-0.2, 0) is 4.79 Å². The van der Waals surface area contributed by atoms with Crippen molar-refractivity contribution >= 4 is 5.91 Å². The first-order valence-electron chi connectivity index (χ1n) is 4.53. The second-order valence-electron chi connectivity index (χ2n) is 3.72. The number of hydrogen-bond acceptors (Lipinski definition) is 1. The molecule has 0 atom stereocenters. The van der Waals surface area contributed by atoms with E-state index in [1.807, 2.05) is 0 Å². The maximum absolute atomic E-state index is 12.7. The van der Waals surface area contributed by atoms with Gasteiger partial charge in [0.1, 0.15) is 0 Å². The van der Waals surface area contributed by atoms with Crippen molar-refractivity contribution in [3.8, 4) is 0 Å². The van der Waals surface area contributed by atoms with Gasteiger partial charge < -0.3 is 4.90 Å². The molecular weight excluding hydrogens is 176 g/mol. The van der Waals surface area contributed by atoms with E-state index >= 15 is 0 Å². The van der Waals surface area contributed by atoms with Crippen molar-refractivity contribution < 1.29 is 13.6 Å². The maximum atomic E-state index is 12.7. The minimum atomic E-state index is -2.51. The molecule has 1 aliphatic rings. The Morgan fingerprint density at radius 1 is 1.38 bits per heavy atom. The Morgan fingerprint density at radius 3 is 2.23 bits per heavy atom. The van der Waals surface area contributed by atoms with E-state index in [9.17, 15) is 13.6 Å². The Morgan fingerprint density at radius 2 is 1.85 bits per heavy atom. The highest BCUT2D eigenvalue weighted by atomic mass is 19.3. The highest BCUT2D eigenvalue weighted by Crippen LogP contribution is 2.34. The quantitative estimate of drug-likeness (QED) is 0.621. The third kappa shape index (κ3) is 2.64.